The lowest BCUT2D eigenvalue weighted by molar-refractivity contribution is -0.114. The van der Waals surface area contributed by atoms with Crippen molar-refractivity contribution < 1.29 is 14.3 Å². The van der Waals surface area contributed by atoms with Gasteiger partial charge >= 0.3 is 0 Å². The van der Waals surface area contributed by atoms with Crippen molar-refractivity contribution in [3.8, 4) is 0 Å². The number of hydrogen-bond acceptors (Lipinski definition) is 6. The maximum absolute atomic E-state index is 12.6. The maximum atomic E-state index is 12.6. The van der Waals surface area contributed by atoms with Gasteiger partial charge in [0.15, 0.2) is 0 Å². The molecular weight excluding hydrogens is 334 g/mol. The monoisotopic (exact) mass is 355 g/mol. The predicted molar refractivity (Wildman–Crippen MR) is 97.5 cm³/mol. The van der Waals surface area contributed by atoms with E-state index in [2.05, 4.69) is 20.6 Å². The number of benzene rings is 1. The first-order valence-corrected chi connectivity index (χ1v) is 8.38. The first-order valence-electron chi connectivity index (χ1n) is 8.38. The van der Waals surface area contributed by atoms with E-state index in [1.54, 1.807) is 23.1 Å². The highest BCUT2D eigenvalue weighted by atomic mass is 16.5. The summed E-state index contributed by atoms with van der Waals surface area (Å²) in [6.45, 7) is 5.46. The molecule has 1 aliphatic heterocycles. The topological polar surface area (TPSA) is 96.5 Å². The van der Waals surface area contributed by atoms with E-state index in [9.17, 15) is 9.59 Å². The number of aryl methyl sites for hydroxylation is 1. The molecule has 2 aromatic rings. The van der Waals surface area contributed by atoms with Gasteiger partial charge in [-0.05, 0) is 31.2 Å². The van der Waals surface area contributed by atoms with Crippen LogP contribution in [0, 0.1) is 6.92 Å². The molecular formula is C18H21N5O3. The summed E-state index contributed by atoms with van der Waals surface area (Å²) in [7, 11) is 0. The number of anilines is 3. The number of rotatable bonds is 4. The van der Waals surface area contributed by atoms with Crippen LogP contribution in [0.1, 0.15) is 23.1 Å². The molecule has 0 radical (unpaired) electrons. The molecule has 0 atom stereocenters. The van der Waals surface area contributed by atoms with Crippen molar-refractivity contribution in [1.82, 2.24) is 14.9 Å². The molecule has 1 aromatic carbocycles. The lowest BCUT2D eigenvalue weighted by atomic mass is 10.2. The van der Waals surface area contributed by atoms with Crippen molar-refractivity contribution >= 4 is 29.1 Å². The molecule has 1 aromatic heterocycles. The smallest absolute Gasteiger partial charge is 0.272 e. The molecule has 2 heterocycles. The van der Waals surface area contributed by atoms with Crippen molar-refractivity contribution in [3.63, 3.8) is 0 Å². The van der Waals surface area contributed by atoms with Gasteiger partial charge in [-0.2, -0.15) is 0 Å². The van der Waals surface area contributed by atoms with Crippen molar-refractivity contribution in [2.75, 3.05) is 36.9 Å². The van der Waals surface area contributed by atoms with Crippen molar-refractivity contribution in [2.24, 2.45) is 0 Å². The van der Waals surface area contributed by atoms with Gasteiger partial charge in [0.2, 0.25) is 11.9 Å². The fourth-order valence-corrected chi connectivity index (χ4v) is 2.67. The van der Waals surface area contributed by atoms with Crippen LogP contribution in [0.25, 0.3) is 0 Å². The van der Waals surface area contributed by atoms with Crippen LogP contribution in [0.4, 0.5) is 17.3 Å². The molecule has 26 heavy (non-hydrogen) atoms. The van der Waals surface area contributed by atoms with Gasteiger partial charge < -0.3 is 20.3 Å². The predicted octanol–water partition coefficient (Wildman–Crippen LogP) is 1.96. The zero-order chi connectivity index (χ0) is 18.5. The minimum absolute atomic E-state index is 0.131. The molecule has 0 unspecified atom stereocenters. The molecule has 2 N–H and O–H groups in total. The SMILES string of the molecule is CC(=O)Nc1cccc(Nc2nc(C)cc(C(=O)N3CCOCC3)n2)c1. The van der Waals surface area contributed by atoms with Crippen LogP contribution in [0.2, 0.25) is 0 Å². The Morgan fingerprint density at radius 3 is 2.58 bits per heavy atom. The van der Waals surface area contributed by atoms with Crippen LogP contribution in [-0.4, -0.2) is 53.0 Å². The van der Waals surface area contributed by atoms with E-state index < -0.39 is 0 Å². The fourth-order valence-electron chi connectivity index (χ4n) is 2.67. The Kier molecular flexibility index (Phi) is 5.43. The van der Waals surface area contributed by atoms with E-state index in [0.29, 0.717) is 55.0 Å². The number of ether oxygens (including phenoxy) is 1. The van der Waals surface area contributed by atoms with E-state index in [1.165, 1.54) is 6.92 Å². The number of nitrogens with zero attached hydrogens (tertiary/aromatic N) is 3. The van der Waals surface area contributed by atoms with Gasteiger partial charge in [-0.3, -0.25) is 9.59 Å². The lowest BCUT2D eigenvalue weighted by Crippen LogP contribution is -2.41. The third-order valence-electron chi connectivity index (χ3n) is 3.81. The van der Waals surface area contributed by atoms with Crippen LogP contribution >= 0.6 is 0 Å². The number of nitrogens with one attached hydrogen (secondary N) is 2. The van der Waals surface area contributed by atoms with Crippen LogP contribution in [-0.2, 0) is 9.53 Å². The number of morpholine rings is 1. The Bertz CT molecular complexity index is 818. The Morgan fingerprint density at radius 1 is 1.12 bits per heavy atom. The van der Waals surface area contributed by atoms with Gasteiger partial charge in [0.1, 0.15) is 5.69 Å². The number of carbonyl (C=O) groups is 2. The maximum Gasteiger partial charge on any atom is 0.272 e. The summed E-state index contributed by atoms with van der Waals surface area (Å²) in [4.78, 5) is 34.3. The Labute approximate surface area is 151 Å². The third kappa shape index (κ3) is 4.54. The summed E-state index contributed by atoms with van der Waals surface area (Å²) in [5.74, 6) is 0.0581. The Hall–Kier alpha value is -3.00. The van der Waals surface area contributed by atoms with Crippen molar-refractivity contribution in [3.05, 3.63) is 41.7 Å². The van der Waals surface area contributed by atoms with Gasteiger partial charge in [0.05, 0.1) is 13.2 Å². The lowest BCUT2D eigenvalue weighted by Gasteiger charge is -2.26. The van der Waals surface area contributed by atoms with E-state index in [1.807, 2.05) is 19.1 Å². The summed E-state index contributed by atoms with van der Waals surface area (Å²) >= 11 is 0. The minimum Gasteiger partial charge on any atom is -0.378 e. The Balaban J connectivity index is 1.79. The first-order chi connectivity index (χ1) is 12.5. The quantitative estimate of drug-likeness (QED) is 0.870. The summed E-state index contributed by atoms with van der Waals surface area (Å²) < 4.78 is 5.28. The van der Waals surface area contributed by atoms with Crippen molar-refractivity contribution in [2.45, 2.75) is 13.8 Å². The van der Waals surface area contributed by atoms with Gasteiger partial charge in [0, 0.05) is 37.1 Å². The summed E-state index contributed by atoms with van der Waals surface area (Å²) in [5.41, 5.74) is 2.42. The van der Waals surface area contributed by atoms with Crippen LogP contribution in [0.3, 0.4) is 0 Å². The van der Waals surface area contributed by atoms with E-state index >= 15 is 0 Å². The average molecular weight is 355 g/mol. The fraction of sp³-hybridized carbons (Fsp3) is 0.333. The third-order valence-corrected chi connectivity index (χ3v) is 3.81. The second kappa shape index (κ2) is 7.92. The molecule has 1 fully saturated rings. The molecule has 8 nitrogen and oxygen atoms in total. The van der Waals surface area contributed by atoms with Gasteiger partial charge in [-0.15, -0.1) is 0 Å². The van der Waals surface area contributed by atoms with E-state index in [0.717, 1.165) is 0 Å². The van der Waals surface area contributed by atoms with Gasteiger partial charge in [0.25, 0.3) is 5.91 Å². The molecule has 0 bridgehead atoms. The normalized spacial score (nSPS) is 14.0. The minimum atomic E-state index is -0.146. The molecule has 0 spiro atoms. The number of amides is 2. The molecule has 1 saturated heterocycles. The average Bonchev–Trinajstić information content (AvgIpc) is 2.61. The highest BCUT2D eigenvalue weighted by Crippen LogP contribution is 2.19. The molecule has 0 saturated carbocycles. The second-order valence-electron chi connectivity index (χ2n) is 6.01. The summed E-state index contributed by atoms with van der Waals surface area (Å²) in [6.07, 6.45) is 0. The number of carbonyl (C=O) groups excluding carboxylic acids is 2. The van der Waals surface area contributed by atoms with Crippen LogP contribution in [0.5, 0.6) is 0 Å². The first kappa shape index (κ1) is 17.8. The summed E-state index contributed by atoms with van der Waals surface area (Å²) in [5, 5.41) is 5.81. The van der Waals surface area contributed by atoms with Gasteiger partial charge in [-0.1, -0.05) is 6.07 Å². The standard InChI is InChI=1S/C18H21N5O3/c1-12-10-16(17(25)23-6-8-26-9-7-23)22-18(19-12)21-15-5-3-4-14(11-15)20-13(2)24/h3-5,10-11H,6-9H2,1-2H3,(H,20,24)(H,19,21,22). The largest absolute Gasteiger partial charge is 0.378 e. The Morgan fingerprint density at radius 2 is 1.85 bits per heavy atom. The molecule has 0 aliphatic carbocycles. The van der Waals surface area contributed by atoms with Crippen molar-refractivity contribution in [1.29, 1.82) is 0 Å². The highest BCUT2D eigenvalue weighted by molar-refractivity contribution is 5.93. The molecule has 2 amide bonds. The van der Waals surface area contributed by atoms with E-state index in [-0.39, 0.29) is 11.8 Å². The number of hydrogen-bond donors (Lipinski definition) is 2. The highest BCUT2D eigenvalue weighted by Gasteiger charge is 2.20. The second-order valence-corrected chi connectivity index (χ2v) is 6.01. The number of aromatic nitrogens is 2. The van der Waals surface area contributed by atoms with Crippen LogP contribution in [0.15, 0.2) is 30.3 Å². The van der Waals surface area contributed by atoms with Gasteiger partial charge in [-0.25, -0.2) is 9.97 Å². The zero-order valence-electron chi connectivity index (χ0n) is 14.8. The van der Waals surface area contributed by atoms with E-state index in [4.69, 9.17) is 4.74 Å². The molecule has 136 valence electrons. The molecule has 1 aliphatic rings. The zero-order valence-corrected chi connectivity index (χ0v) is 14.8. The summed E-state index contributed by atoms with van der Waals surface area (Å²) in [6, 6.07) is 8.88. The van der Waals surface area contributed by atoms with Crippen LogP contribution < -0.4 is 10.6 Å². The molecule has 3 rings (SSSR count). The molecule has 8 heteroatoms.